The number of hydrogen-bond donors (Lipinski definition) is 1. The second kappa shape index (κ2) is 7.41. The van der Waals surface area contributed by atoms with E-state index in [1.54, 1.807) is 0 Å². The van der Waals surface area contributed by atoms with Crippen LogP contribution in [0.3, 0.4) is 0 Å². The average Bonchev–Trinajstić information content (AvgIpc) is 3.19. The molecule has 0 radical (unpaired) electrons. The number of nitrogens with zero attached hydrogens (tertiary/aromatic N) is 2. The molecule has 1 fully saturated rings. The maximum Gasteiger partial charge on any atom is 0.185 e. The molecule has 0 saturated heterocycles. The zero-order valence-electron chi connectivity index (χ0n) is 13.4. The maximum absolute atomic E-state index is 4.96. The number of aromatic nitrogens is 1. The highest BCUT2D eigenvalue weighted by molar-refractivity contribution is 7.15. The van der Waals surface area contributed by atoms with Gasteiger partial charge in [-0.2, -0.15) is 0 Å². The van der Waals surface area contributed by atoms with Crippen molar-refractivity contribution in [1.29, 1.82) is 0 Å². The van der Waals surface area contributed by atoms with Crippen LogP contribution < -0.4 is 10.2 Å². The molecule has 1 aliphatic carbocycles. The van der Waals surface area contributed by atoms with Crippen LogP contribution in [-0.2, 0) is 6.54 Å². The van der Waals surface area contributed by atoms with E-state index in [2.05, 4.69) is 38.0 Å². The number of anilines is 1. The molecule has 0 spiro atoms. The van der Waals surface area contributed by atoms with Crippen LogP contribution in [0.25, 0.3) is 0 Å². The molecule has 1 aromatic heterocycles. The first-order chi connectivity index (χ1) is 9.67. The number of rotatable bonds is 9. The first kappa shape index (κ1) is 15.8. The Hall–Kier alpha value is -0.610. The molecule has 114 valence electrons. The molecule has 1 aliphatic rings. The van der Waals surface area contributed by atoms with Crippen LogP contribution >= 0.6 is 11.3 Å². The summed E-state index contributed by atoms with van der Waals surface area (Å²) in [6.45, 7) is 8.86. The van der Waals surface area contributed by atoms with Crippen molar-refractivity contribution >= 4 is 16.5 Å². The van der Waals surface area contributed by atoms with E-state index in [1.165, 1.54) is 47.8 Å². The van der Waals surface area contributed by atoms with Crippen molar-refractivity contribution in [2.24, 2.45) is 0 Å². The minimum absolute atomic E-state index is 0.578. The monoisotopic (exact) mass is 295 g/mol. The third kappa shape index (κ3) is 3.95. The van der Waals surface area contributed by atoms with Gasteiger partial charge in [0, 0.05) is 30.4 Å². The molecular weight excluding hydrogens is 266 g/mol. The highest BCUT2D eigenvalue weighted by atomic mass is 32.1. The fraction of sp³-hybridized carbons (Fsp3) is 0.812. The fourth-order valence-electron chi connectivity index (χ4n) is 2.48. The van der Waals surface area contributed by atoms with Crippen LogP contribution in [0.1, 0.15) is 69.4 Å². The zero-order valence-corrected chi connectivity index (χ0v) is 14.2. The van der Waals surface area contributed by atoms with Gasteiger partial charge >= 0.3 is 0 Å². The van der Waals surface area contributed by atoms with Crippen molar-refractivity contribution in [3.05, 3.63) is 10.6 Å². The number of nitrogens with one attached hydrogen (secondary N) is 1. The molecule has 0 amide bonds. The summed E-state index contributed by atoms with van der Waals surface area (Å²) in [5.74, 6) is 0.744. The van der Waals surface area contributed by atoms with E-state index in [9.17, 15) is 0 Å². The van der Waals surface area contributed by atoms with E-state index in [-0.39, 0.29) is 0 Å². The quantitative estimate of drug-likeness (QED) is 0.694. The van der Waals surface area contributed by atoms with Crippen LogP contribution in [0.15, 0.2) is 0 Å². The van der Waals surface area contributed by atoms with Gasteiger partial charge in [-0.1, -0.05) is 20.3 Å². The van der Waals surface area contributed by atoms with Crippen LogP contribution in [0.5, 0.6) is 0 Å². The summed E-state index contributed by atoms with van der Waals surface area (Å²) in [6, 6.07) is 0.578. The van der Waals surface area contributed by atoms with Gasteiger partial charge in [0.05, 0.1) is 5.69 Å². The lowest BCUT2D eigenvalue weighted by Gasteiger charge is -2.23. The Balaban J connectivity index is 2.07. The van der Waals surface area contributed by atoms with Crippen LogP contribution in [-0.4, -0.2) is 24.6 Å². The van der Waals surface area contributed by atoms with E-state index >= 15 is 0 Å². The van der Waals surface area contributed by atoms with E-state index in [4.69, 9.17) is 4.98 Å². The Morgan fingerprint density at radius 2 is 2.10 bits per heavy atom. The Kier molecular flexibility index (Phi) is 5.85. The molecule has 1 saturated carbocycles. The van der Waals surface area contributed by atoms with Gasteiger partial charge in [-0.15, -0.1) is 11.3 Å². The van der Waals surface area contributed by atoms with Gasteiger partial charge in [-0.25, -0.2) is 4.98 Å². The molecular formula is C16H29N3S. The lowest BCUT2D eigenvalue weighted by atomic mass is 10.2. The predicted molar refractivity (Wildman–Crippen MR) is 88.9 cm³/mol. The number of hydrogen-bond acceptors (Lipinski definition) is 4. The molecule has 1 atom stereocenters. The lowest BCUT2D eigenvalue weighted by Crippen LogP contribution is -2.28. The normalized spacial score (nSPS) is 16.4. The second-order valence-corrected chi connectivity index (χ2v) is 7.07. The summed E-state index contributed by atoms with van der Waals surface area (Å²) in [5, 5.41) is 4.74. The Bertz CT molecular complexity index is 412. The minimum Gasteiger partial charge on any atom is -0.348 e. The van der Waals surface area contributed by atoms with Crippen molar-refractivity contribution in [1.82, 2.24) is 10.3 Å². The van der Waals surface area contributed by atoms with Gasteiger partial charge in [0.1, 0.15) is 0 Å². The molecule has 1 aromatic rings. The van der Waals surface area contributed by atoms with Crippen LogP contribution in [0.4, 0.5) is 5.13 Å². The molecule has 1 heterocycles. The van der Waals surface area contributed by atoms with Crippen molar-refractivity contribution in [2.45, 2.75) is 71.4 Å². The summed E-state index contributed by atoms with van der Waals surface area (Å²) in [5.41, 5.74) is 1.38. The summed E-state index contributed by atoms with van der Waals surface area (Å²) >= 11 is 1.89. The molecule has 1 unspecified atom stereocenters. The lowest BCUT2D eigenvalue weighted by molar-refractivity contribution is 0.614. The largest absolute Gasteiger partial charge is 0.348 e. The van der Waals surface area contributed by atoms with Crippen molar-refractivity contribution < 1.29 is 0 Å². The van der Waals surface area contributed by atoms with Crippen LogP contribution in [0, 0.1) is 0 Å². The number of thiazole rings is 1. The van der Waals surface area contributed by atoms with Gasteiger partial charge in [0.15, 0.2) is 5.13 Å². The third-order valence-electron chi connectivity index (χ3n) is 4.06. The topological polar surface area (TPSA) is 28.2 Å². The average molecular weight is 295 g/mol. The highest BCUT2D eigenvalue weighted by Crippen LogP contribution is 2.44. The molecule has 0 aliphatic heterocycles. The summed E-state index contributed by atoms with van der Waals surface area (Å²) < 4.78 is 0. The summed E-state index contributed by atoms with van der Waals surface area (Å²) in [6.07, 6.45) is 6.32. The fourth-order valence-corrected chi connectivity index (χ4v) is 3.66. The van der Waals surface area contributed by atoms with Crippen LogP contribution in [0.2, 0.25) is 0 Å². The molecule has 1 N–H and O–H groups in total. The van der Waals surface area contributed by atoms with E-state index in [0.717, 1.165) is 19.0 Å². The first-order valence-electron chi connectivity index (χ1n) is 8.10. The SMILES string of the molecule is CCCNCc1sc(N(C)C(C)CCC)nc1C1CC1. The van der Waals surface area contributed by atoms with Gasteiger partial charge in [0.25, 0.3) is 0 Å². The third-order valence-corrected chi connectivity index (χ3v) is 5.22. The minimum atomic E-state index is 0.578. The molecule has 3 nitrogen and oxygen atoms in total. The van der Waals surface area contributed by atoms with E-state index in [0.29, 0.717) is 6.04 Å². The standard InChI is InChI=1S/C16H29N3S/c1-5-7-12(3)19(4)16-18-15(13-8-9-13)14(20-16)11-17-10-6-2/h12-13,17H,5-11H2,1-4H3. The smallest absolute Gasteiger partial charge is 0.185 e. The van der Waals surface area contributed by atoms with Gasteiger partial charge in [-0.05, 0) is 39.2 Å². The second-order valence-electron chi connectivity index (χ2n) is 6.00. The first-order valence-corrected chi connectivity index (χ1v) is 8.92. The highest BCUT2D eigenvalue weighted by Gasteiger charge is 2.30. The Labute approximate surface area is 127 Å². The molecule has 2 rings (SSSR count). The van der Waals surface area contributed by atoms with Gasteiger partial charge in [0.2, 0.25) is 0 Å². The van der Waals surface area contributed by atoms with Crippen molar-refractivity contribution in [3.8, 4) is 0 Å². The summed E-state index contributed by atoms with van der Waals surface area (Å²) in [4.78, 5) is 8.79. The predicted octanol–water partition coefficient (Wildman–Crippen LogP) is 4.14. The molecule has 0 bridgehead atoms. The summed E-state index contributed by atoms with van der Waals surface area (Å²) in [7, 11) is 2.19. The Morgan fingerprint density at radius 1 is 1.35 bits per heavy atom. The van der Waals surface area contributed by atoms with E-state index in [1.807, 2.05) is 11.3 Å². The Morgan fingerprint density at radius 3 is 2.70 bits per heavy atom. The van der Waals surface area contributed by atoms with Gasteiger partial charge in [-0.3, -0.25) is 0 Å². The van der Waals surface area contributed by atoms with E-state index < -0.39 is 0 Å². The molecule has 0 aromatic carbocycles. The van der Waals surface area contributed by atoms with Crippen molar-refractivity contribution in [2.75, 3.05) is 18.5 Å². The maximum atomic E-state index is 4.96. The zero-order chi connectivity index (χ0) is 14.5. The molecule has 4 heteroatoms. The van der Waals surface area contributed by atoms with Gasteiger partial charge < -0.3 is 10.2 Å². The van der Waals surface area contributed by atoms with Crippen molar-refractivity contribution in [3.63, 3.8) is 0 Å². The molecule has 20 heavy (non-hydrogen) atoms.